The van der Waals surface area contributed by atoms with Gasteiger partial charge in [-0.25, -0.2) is 13.2 Å². The van der Waals surface area contributed by atoms with Crippen LogP contribution in [0.1, 0.15) is 38.7 Å². The van der Waals surface area contributed by atoms with Crippen molar-refractivity contribution < 1.29 is 32.2 Å². The van der Waals surface area contributed by atoms with Crippen LogP contribution < -0.4 is 0 Å². The number of alkyl halides is 2. The Morgan fingerprint density at radius 1 is 1.08 bits per heavy atom. The third-order valence-corrected chi connectivity index (χ3v) is 3.83. The van der Waals surface area contributed by atoms with Gasteiger partial charge in [0, 0.05) is 0 Å². The van der Waals surface area contributed by atoms with Gasteiger partial charge in [0.2, 0.25) is 5.41 Å². The van der Waals surface area contributed by atoms with Gasteiger partial charge in [0.05, 0.1) is 13.2 Å². The van der Waals surface area contributed by atoms with Gasteiger partial charge in [-0.15, -0.1) is 0 Å². The van der Waals surface area contributed by atoms with Gasteiger partial charge in [-0.2, -0.15) is 0 Å². The van der Waals surface area contributed by atoms with Crippen molar-refractivity contribution in [1.82, 2.24) is 0 Å². The number of rotatable bonds is 10. The van der Waals surface area contributed by atoms with E-state index < -0.39 is 36.0 Å². The van der Waals surface area contributed by atoms with Gasteiger partial charge >= 0.3 is 11.9 Å². The average Bonchev–Trinajstić information content (AvgIpc) is 2.57. The Bertz CT molecular complexity index is 560. The van der Waals surface area contributed by atoms with Crippen LogP contribution in [0.2, 0.25) is 0 Å². The van der Waals surface area contributed by atoms with E-state index in [2.05, 4.69) is 0 Å². The van der Waals surface area contributed by atoms with Gasteiger partial charge in [-0.05, 0) is 43.9 Å². The van der Waals surface area contributed by atoms with Gasteiger partial charge in [0.25, 0.3) is 6.43 Å². The summed E-state index contributed by atoms with van der Waals surface area (Å²) in [4.78, 5) is 24.5. The quantitative estimate of drug-likeness (QED) is 0.361. The Balaban J connectivity index is 3.03. The van der Waals surface area contributed by atoms with Crippen LogP contribution in [-0.2, 0) is 25.5 Å². The molecular weight excluding hydrogens is 337 g/mol. The van der Waals surface area contributed by atoms with Crippen molar-refractivity contribution in [3.8, 4) is 0 Å². The molecule has 0 bridgehead atoms. The minimum absolute atomic E-state index is 0.0215. The van der Waals surface area contributed by atoms with Gasteiger partial charge in [0.15, 0.2) is 0 Å². The fraction of sp³-hybridized carbons (Fsp3) is 0.556. The fourth-order valence-corrected chi connectivity index (χ4v) is 2.27. The maximum absolute atomic E-state index is 13.8. The number of halogens is 3. The van der Waals surface area contributed by atoms with E-state index in [0.717, 1.165) is 0 Å². The summed E-state index contributed by atoms with van der Waals surface area (Å²) in [6.07, 6.45) is -2.57. The Morgan fingerprint density at radius 2 is 1.68 bits per heavy atom. The molecule has 1 atom stereocenters. The molecule has 7 heteroatoms. The molecular formula is C18H23F3O4. The molecule has 0 saturated carbocycles. The monoisotopic (exact) mass is 360 g/mol. The van der Waals surface area contributed by atoms with Gasteiger partial charge < -0.3 is 9.47 Å². The van der Waals surface area contributed by atoms with E-state index in [-0.39, 0.29) is 19.6 Å². The number of esters is 2. The highest BCUT2D eigenvalue weighted by atomic mass is 19.3. The van der Waals surface area contributed by atoms with E-state index in [1.165, 1.54) is 31.2 Å². The van der Waals surface area contributed by atoms with Crippen LogP contribution in [0.4, 0.5) is 13.2 Å². The zero-order valence-electron chi connectivity index (χ0n) is 14.4. The van der Waals surface area contributed by atoms with E-state index in [0.29, 0.717) is 18.4 Å². The van der Waals surface area contributed by atoms with E-state index in [1.807, 2.05) is 6.92 Å². The molecule has 0 aliphatic heterocycles. The van der Waals surface area contributed by atoms with Crippen molar-refractivity contribution >= 4 is 11.9 Å². The number of aryl methyl sites for hydroxylation is 1. The minimum atomic E-state index is -3.28. The Kier molecular flexibility index (Phi) is 8.45. The summed E-state index contributed by atoms with van der Waals surface area (Å²) in [7, 11) is 0. The molecule has 0 aliphatic rings. The summed E-state index contributed by atoms with van der Waals surface area (Å²) < 4.78 is 50.2. The molecule has 1 aromatic rings. The van der Waals surface area contributed by atoms with E-state index in [1.54, 1.807) is 0 Å². The molecule has 0 aliphatic carbocycles. The molecule has 4 nitrogen and oxygen atoms in total. The number of unbranched alkanes of at least 4 members (excludes halogenated alkanes) is 1. The van der Waals surface area contributed by atoms with Gasteiger partial charge in [-0.3, -0.25) is 9.59 Å². The molecule has 140 valence electrons. The molecule has 0 heterocycles. The lowest BCUT2D eigenvalue weighted by Gasteiger charge is -2.28. The predicted octanol–water partition coefficient (Wildman–Crippen LogP) is 3.92. The lowest BCUT2D eigenvalue weighted by Crippen LogP contribution is -2.48. The molecule has 0 aromatic heterocycles. The maximum Gasteiger partial charge on any atom is 0.329 e. The highest BCUT2D eigenvalue weighted by Crippen LogP contribution is 2.35. The summed E-state index contributed by atoms with van der Waals surface area (Å²) in [5.74, 6) is -3.04. The van der Waals surface area contributed by atoms with E-state index in [4.69, 9.17) is 9.47 Å². The zero-order chi connectivity index (χ0) is 18.9. The number of carbonyl (C=O) groups excluding carboxylic acids is 2. The van der Waals surface area contributed by atoms with Crippen molar-refractivity contribution in [3.05, 3.63) is 35.6 Å². The summed E-state index contributed by atoms with van der Waals surface area (Å²) in [6.45, 7) is 3.15. The number of ether oxygens (including phenoxy) is 2. The minimum Gasteiger partial charge on any atom is -0.465 e. The SMILES string of the molecule is CCCCOC(=O)C(CCc1ccc(F)cc1)(C(=O)OCC)C(F)F. The lowest BCUT2D eigenvalue weighted by molar-refractivity contribution is -0.185. The number of hydrogen-bond acceptors (Lipinski definition) is 4. The van der Waals surface area contributed by atoms with Crippen molar-refractivity contribution in [3.63, 3.8) is 0 Å². The number of benzene rings is 1. The standard InChI is InChI=1S/C18H23F3O4/c1-3-5-12-25-17(23)18(15(20)21,16(22)24-4-2)11-10-13-6-8-14(19)9-7-13/h6-9,15H,3-5,10-12H2,1-2H3. The molecule has 0 radical (unpaired) electrons. The first-order valence-corrected chi connectivity index (χ1v) is 8.25. The molecule has 0 N–H and O–H groups in total. The van der Waals surface area contributed by atoms with E-state index >= 15 is 0 Å². The number of carbonyl (C=O) groups is 2. The van der Waals surface area contributed by atoms with Crippen molar-refractivity contribution in [1.29, 1.82) is 0 Å². The molecule has 25 heavy (non-hydrogen) atoms. The van der Waals surface area contributed by atoms with Crippen LogP contribution in [0.3, 0.4) is 0 Å². The van der Waals surface area contributed by atoms with Crippen molar-refractivity contribution in [2.45, 2.75) is 46.0 Å². The number of hydrogen-bond donors (Lipinski definition) is 0. The highest BCUT2D eigenvalue weighted by molar-refractivity contribution is 6.00. The van der Waals surface area contributed by atoms with Crippen LogP contribution in [-0.4, -0.2) is 31.6 Å². The second kappa shape index (κ2) is 10.1. The van der Waals surface area contributed by atoms with Crippen LogP contribution in [0.5, 0.6) is 0 Å². The molecule has 1 aromatic carbocycles. The fourth-order valence-electron chi connectivity index (χ4n) is 2.27. The zero-order valence-corrected chi connectivity index (χ0v) is 14.4. The molecule has 1 unspecified atom stereocenters. The second-order valence-electron chi connectivity index (χ2n) is 5.61. The second-order valence-corrected chi connectivity index (χ2v) is 5.61. The van der Waals surface area contributed by atoms with E-state index in [9.17, 15) is 22.8 Å². The normalized spacial score (nSPS) is 13.4. The first-order valence-electron chi connectivity index (χ1n) is 8.25. The summed E-state index contributed by atoms with van der Waals surface area (Å²) in [6, 6.07) is 5.20. The van der Waals surface area contributed by atoms with Crippen LogP contribution >= 0.6 is 0 Å². The third-order valence-electron chi connectivity index (χ3n) is 3.83. The van der Waals surface area contributed by atoms with Crippen LogP contribution in [0.15, 0.2) is 24.3 Å². The summed E-state index contributed by atoms with van der Waals surface area (Å²) in [5.41, 5.74) is -2.16. The summed E-state index contributed by atoms with van der Waals surface area (Å²) >= 11 is 0. The first-order chi connectivity index (χ1) is 11.9. The Morgan fingerprint density at radius 3 is 2.20 bits per heavy atom. The first kappa shape index (κ1) is 21.0. The molecule has 1 rings (SSSR count). The lowest BCUT2D eigenvalue weighted by atomic mass is 9.82. The molecule has 0 fully saturated rings. The Labute approximate surface area is 145 Å². The van der Waals surface area contributed by atoms with Crippen LogP contribution in [0.25, 0.3) is 0 Å². The van der Waals surface area contributed by atoms with Crippen LogP contribution in [0, 0.1) is 11.2 Å². The maximum atomic E-state index is 13.8. The highest BCUT2D eigenvalue weighted by Gasteiger charge is 2.56. The smallest absolute Gasteiger partial charge is 0.329 e. The molecule has 0 saturated heterocycles. The third kappa shape index (κ3) is 5.47. The Hall–Kier alpha value is -2.05. The average molecular weight is 360 g/mol. The van der Waals surface area contributed by atoms with Crippen molar-refractivity contribution in [2.75, 3.05) is 13.2 Å². The largest absolute Gasteiger partial charge is 0.465 e. The predicted molar refractivity (Wildman–Crippen MR) is 85.7 cm³/mol. The topological polar surface area (TPSA) is 52.6 Å². The van der Waals surface area contributed by atoms with Crippen molar-refractivity contribution in [2.24, 2.45) is 5.41 Å². The molecule has 0 amide bonds. The molecule has 0 spiro atoms. The van der Waals surface area contributed by atoms with Gasteiger partial charge in [-0.1, -0.05) is 25.5 Å². The summed E-state index contributed by atoms with van der Waals surface area (Å²) in [5, 5.41) is 0. The van der Waals surface area contributed by atoms with Gasteiger partial charge in [0.1, 0.15) is 5.82 Å².